The summed E-state index contributed by atoms with van der Waals surface area (Å²) in [7, 11) is 0. The average Bonchev–Trinajstić information content (AvgIpc) is 2.52. The van der Waals surface area contributed by atoms with Crippen LogP contribution >= 0.6 is 11.8 Å². The largest absolute Gasteiger partial charge is 0.494 e. The van der Waals surface area contributed by atoms with Crippen molar-refractivity contribution in [2.45, 2.75) is 24.1 Å². The summed E-state index contributed by atoms with van der Waals surface area (Å²) in [5.41, 5.74) is -0.695. The van der Waals surface area contributed by atoms with Gasteiger partial charge in [-0.05, 0) is 38.1 Å². The van der Waals surface area contributed by atoms with Crippen LogP contribution in [0.15, 0.2) is 38.9 Å². The van der Waals surface area contributed by atoms with Crippen LogP contribution in [0.5, 0.6) is 5.75 Å². The smallest absolute Gasteiger partial charge is 0.342 e. The number of benzene rings is 1. The molecule has 1 atom stereocenters. The van der Waals surface area contributed by atoms with Gasteiger partial charge in [0.25, 0.3) is 5.56 Å². The number of nitrogens with one attached hydrogen (secondary N) is 3. The standard InChI is InChI=1S/C14H16N4O4S/c1-3-22-10-6-4-9(5-7-10)15-11(19)8(2)23-13-12(20)16-14(21)18-17-13/h4-8H,3H2,1-2H3,(H,15,19)(H2,16,18,20,21). The predicted octanol–water partition coefficient (Wildman–Crippen LogP) is 0.976. The Balaban J connectivity index is 1.99. The fraction of sp³-hybridized carbons (Fsp3) is 0.286. The van der Waals surface area contributed by atoms with Gasteiger partial charge in [0, 0.05) is 5.69 Å². The first-order valence-electron chi connectivity index (χ1n) is 6.89. The Kier molecular flexibility index (Phi) is 5.58. The summed E-state index contributed by atoms with van der Waals surface area (Å²) >= 11 is 0.956. The van der Waals surface area contributed by atoms with Gasteiger partial charge in [-0.15, -0.1) is 0 Å². The number of aromatic amines is 2. The lowest BCUT2D eigenvalue weighted by Gasteiger charge is -2.11. The molecule has 1 unspecified atom stereocenters. The molecule has 1 aromatic heterocycles. The third-order valence-corrected chi connectivity index (χ3v) is 3.84. The zero-order valence-electron chi connectivity index (χ0n) is 12.6. The van der Waals surface area contributed by atoms with Crippen molar-refractivity contribution in [2.75, 3.05) is 11.9 Å². The lowest BCUT2D eigenvalue weighted by atomic mass is 10.3. The zero-order chi connectivity index (χ0) is 16.8. The number of aromatic nitrogens is 3. The van der Waals surface area contributed by atoms with Crippen molar-refractivity contribution in [3.8, 4) is 5.75 Å². The first kappa shape index (κ1) is 16.8. The van der Waals surface area contributed by atoms with Gasteiger partial charge < -0.3 is 10.1 Å². The second-order valence-corrected chi connectivity index (χ2v) is 5.85. The quantitative estimate of drug-likeness (QED) is 0.677. The van der Waals surface area contributed by atoms with Crippen LogP contribution in [0.4, 0.5) is 5.69 Å². The minimum absolute atomic E-state index is 0.0268. The Labute approximate surface area is 135 Å². The van der Waals surface area contributed by atoms with Crippen LogP contribution in [0.2, 0.25) is 0 Å². The summed E-state index contributed by atoms with van der Waals surface area (Å²) in [5.74, 6) is 0.434. The number of H-pyrrole nitrogens is 2. The predicted molar refractivity (Wildman–Crippen MR) is 87.0 cm³/mol. The molecule has 2 rings (SSSR count). The average molecular weight is 336 g/mol. The number of thioether (sulfide) groups is 1. The van der Waals surface area contributed by atoms with Crippen LogP contribution in [-0.2, 0) is 4.79 Å². The SMILES string of the molecule is CCOc1ccc(NC(=O)C(C)Sc2n[nH]c(=O)[nH]c2=O)cc1. The highest BCUT2D eigenvalue weighted by atomic mass is 32.2. The molecule has 0 aliphatic heterocycles. The molecule has 0 aliphatic rings. The van der Waals surface area contributed by atoms with Gasteiger partial charge in [-0.2, -0.15) is 5.10 Å². The maximum atomic E-state index is 12.1. The Hall–Kier alpha value is -2.55. The van der Waals surface area contributed by atoms with Gasteiger partial charge in [0.2, 0.25) is 5.91 Å². The zero-order valence-corrected chi connectivity index (χ0v) is 13.4. The molecule has 8 nitrogen and oxygen atoms in total. The van der Waals surface area contributed by atoms with E-state index in [0.29, 0.717) is 12.3 Å². The highest BCUT2D eigenvalue weighted by Gasteiger charge is 2.17. The third kappa shape index (κ3) is 4.71. The van der Waals surface area contributed by atoms with Crippen molar-refractivity contribution < 1.29 is 9.53 Å². The third-order valence-electron chi connectivity index (χ3n) is 2.77. The van der Waals surface area contributed by atoms with Gasteiger partial charge >= 0.3 is 5.69 Å². The fourth-order valence-electron chi connectivity index (χ4n) is 1.68. The van der Waals surface area contributed by atoms with Crippen molar-refractivity contribution in [1.82, 2.24) is 15.2 Å². The van der Waals surface area contributed by atoms with Gasteiger partial charge in [-0.3, -0.25) is 14.6 Å². The Morgan fingerprint density at radius 2 is 2.04 bits per heavy atom. The number of amides is 1. The van der Waals surface area contributed by atoms with Crippen molar-refractivity contribution in [1.29, 1.82) is 0 Å². The van der Waals surface area contributed by atoms with E-state index < -0.39 is 16.5 Å². The Bertz CT molecular complexity index is 784. The van der Waals surface area contributed by atoms with Crippen LogP contribution in [0, 0.1) is 0 Å². The number of anilines is 1. The number of rotatable bonds is 6. The molecule has 1 amide bonds. The molecule has 122 valence electrons. The maximum absolute atomic E-state index is 12.1. The van der Waals surface area contributed by atoms with E-state index >= 15 is 0 Å². The van der Waals surface area contributed by atoms with Crippen molar-refractivity contribution in [2.24, 2.45) is 0 Å². The monoisotopic (exact) mass is 336 g/mol. The molecule has 0 radical (unpaired) electrons. The summed E-state index contributed by atoms with van der Waals surface area (Å²) in [6.07, 6.45) is 0. The number of ether oxygens (including phenoxy) is 1. The summed E-state index contributed by atoms with van der Waals surface area (Å²) in [6.45, 7) is 4.10. The second-order valence-electron chi connectivity index (χ2n) is 4.52. The molecule has 0 saturated carbocycles. The normalized spacial score (nSPS) is 11.7. The molecular weight excluding hydrogens is 320 g/mol. The van der Waals surface area contributed by atoms with Crippen molar-refractivity contribution in [3.63, 3.8) is 0 Å². The minimum atomic E-state index is -0.689. The van der Waals surface area contributed by atoms with E-state index in [2.05, 4.69) is 20.5 Å². The van der Waals surface area contributed by atoms with Gasteiger partial charge in [0.15, 0.2) is 5.03 Å². The molecule has 0 spiro atoms. The number of nitrogens with zero attached hydrogens (tertiary/aromatic N) is 1. The molecule has 1 aromatic carbocycles. The summed E-state index contributed by atoms with van der Waals surface area (Å²) in [6, 6.07) is 6.97. The van der Waals surface area contributed by atoms with E-state index in [4.69, 9.17) is 4.74 Å². The molecule has 2 aromatic rings. The number of carbonyl (C=O) groups excluding carboxylic acids is 1. The van der Waals surface area contributed by atoms with E-state index in [-0.39, 0.29) is 10.9 Å². The van der Waals surface area contributed by atoms with E-state index in [9.17, 15) is 14.4 Å². The molecule has 1 heterocycles. The lowest BCUT2D eigenvalue weighted by Crippen LogP contribution is -2.28. The summed E-state index contributed by atoms with van der Waals surface area (Å²) < 4.78 is 5.32. The first-order valence-corrected chi connectivity index (χ1v) is 7.77. The van der Waals surface area contributed by atoms with E-state index in [1.807, 2.05) is 6.92 Å². The van der Waals surface area contributed by atoms with Crippen LogP contribution in [0.25, 0.3) is 0 Å². The molecule has 0 fully saturated rings. The first-order chi connectivity index (χ1) is 11.0. The highest BCUT2D eigenvalue weighted by molar-refractivity contribution is 8.00. The van der Waals surface area contributed by atoms with Crippen molar-refractivity contribution >= 4 is 23.4 Å². The van der Waals surface area contributed by atoms with Gasteiger partial charge in [0.05, 0.1) is 11.9 Å². The molecule has 0 saturated heterocycles. The van der Waals surface area contributed by atoms with Crippen LogP contribution < -0.4 is 21.3 Å². The second kappa shape index (κ2) is 7.63. The van der Waals surface area contributed by atoms with Crippen molar-refractivity contribution in [3.05, 3.63) is 45.1 Å². The highest BCUT2D eigenvalue weighted by Crippen LogP contribution is 2.20. The van der Waals surface area contributed by atoms with E-state index in [0.717, 1.165) is 17.5 Å². The Morgan fingerprint density at radius 1 is 1.35 bits per heavy atom. The maximum Gasteiger partial charge on any atom is 0.342 e. The van der Waals surface area contributed by atoms with Crippen LogP contribution in [0.3, 0.4) is 0 Å². The van der Waals surface area contributed by atoms with Gasteiger partial charge in [-0.25, -0.2) is 9.89 Å². The van der Waals surface area contributed by atoms with Gasteiger partial charge in [-0.1, -0.05) is 11.8 Å². The fourth-order valence-corrected chi connectivity index (χ4v) is 2.44. The van der Waals surface area contributed by atoms with Crippen LogP contribution in [-0.4, -0.2) is 32.9 Å². The Morgan fingerprint density at radius 3 is 2.65 bits per heavy atom. The molecule has 23 heavy (non-hydrogen) atoms. The minimum Gasteiger partial charge on any atom is -0.494 e. The number of hydrogen-bond acceptors (Lipinski definition) is 6. The molecule has 9 heteroatoms. The molecule has 0 aliphatic carbocycles. The molecule has 0 bridgehead atoms. The number of carbonyl (C=O) groups is 1. The van der Waals surface area contributed by atoms with E-state index in [1.165, 1.54) is 0 Å². The summed E-state index contributed by atoms with van der Waals surface area (Å²) in [4.78, 5) is 36.6. The van der Waals surface area contributed by atoms with Gasteiger partial charge in [0.1, 0.15) is 5.75 Å². The van der Waals surface area contributed by atoms with Crippen LogP contribution in [0.1, 0.15) is 13.8 Å². The molecular formula is C14H16N4O4S. The lowest BCUT2D eigenvalue weighted by molar-refractivity contribution is -0.115. The van der Waals surface area contributed by atoms with E-state index in [1.54, 1.807) is 31.2 Å². The summed E-state index contributed by atoms with van der Waals surface area (Å²) in [5, 5.41) is 7.94. The topological polar surface area (TPSA) is 117 Å². The molecule has 3 N–H and O–H groups in total. The number of hydrogen-bond donors (Lipinski definition) is 3.